The van der Waals surface area contributed by atoms with Gasteiger partial charge in [0, 0.05) is 32.3 Å². The molecule has 0 spiro atoms. The Balaban J connectivity index is 1.62. The fraction of sp³-hybridized carbons (Fsp3) is 0.370. The van der Waals surface area contributed by atoms with Gasteiger partial charge in [0.05, 0.1) is 12.1 Å². The standard InChI is InChI=1S/C27H32N6O3/c1-5-19(20-9-7-6-8-10-20)15-23(34)33-24(27(36)31(3)25-17(2)16-30-32(25)4)21(26(33)35)13-18-11-12-29-22(28)14-18/h6-12,14,16,19,21,24H,5,13,15H2,1-4H3,(H2,28,29)/t19-,21+,24-/m0/s1. The van der Waals surface area contributed by atoms with Crippen LogP contribution < -0.4 is 10.6 Å². The number of imide groups is 1. The summed E-state index contributed by atoms with van der Waals surface area (Å²) in [4.78, 5) is 47.2. The van der Waals surface area contributed by atoms with E-state index in [4.69, 9.17) is 5.73 Å². The number of anilines is 2. The largest absolute Gasteiger partial charge is 0.384 e. The Labute approximate surface area is 210 Å². The molecule has 0 unspecified atom stereocenters. The molecule has 1 fully saturated rings. The number of aromatic nitrogens is 3. The van der Waals surface area contributed by atoms with E-state index in [-0.39, 0.29) is 30.1 Å². The summed E-state index contributed by atoms with van der Waals surface area (Å²) in [7, 11) is 3.40. The monoisotopic (exact) mass is 488 g/mol. The van der Waals surface area contributed by atoms with Gasteiger partial charge in [-0.15, -0.1) is 0 Å². The Hall–Kier alpha value is -4.01. The number of likely N-dealkylation sites (N-methyl/N-ethyl adjacent to an activating group) is 1. The van der Waals surface area contributed by atoms with Crippen LogP contribution in [0.4, 0.5) is 11.6 Å². The Bertz CT molecular complexity index is 1250. The number of aryl methyl sites for hydroxylation is 2. The number of nitrogen functional groups attached to an aromatic ring is 1. The summed E-state index contributed by atoms with van der Waals surface area (Å²) < 4.78 is 1.61. The summed E-state index contributed by atoms with van der Waals surface area (Å²) in [5.74, 6) is -0.758. The van der Waals surface area contributed by atoms with Crippen LogP contribution >= 0.6 is 0 Å². The zero-order chi connectivity index (χ0) is 26.0. The maximum absolute atomic E-state index is 13.8. The lowest BCUT2D eigenvalue weighted by atomic mass is 9.80. The molecule has 3 aromatic rings. The number of rotatable bonds is 8. The molecule has 4 rings (SSSR count). The molecule has 0 saturated carbocycles. The number of β-lactam (4-membered cyclic amide) rings is 1. The van der Waals surface area contributed by atoms with Crippen LogP contribution in [0.15, 0.2) is 54.9 Å². The van der Waals surface area contributed by atoms with Crippen molar-refractivity contribution in [2.24, 2.45) is 13.0 Å². The lowest BCUT2D eigenvalue weighted by Crippen LogP contribution is -2.69. The van der Waals surface area contributed by atoms with Crippen LogP contribution in [-0.2, 0) is 27.9 Å². The molecule has 1 saturated heterocycles. The normalized spacial score (nSPS) is 18.0. The van der Waals surface area contributed by atoms with Crippen molar-refractivity contribution in [3.05, 3.63) is 71.5 Å². The minimum atomic E-state index is -0.910. The number of carbonyl (C=O) groups excluding carboxylic acids is 3. The molecule has 0 radical (unpaired) electrons. The van der Waals surface area contributed by atoms with Gasteiger partial charge in [0.15, 0.2) is 0 Å². The molecule has 3 amide bonds. The van der Waals surface area contributed by atoms with Crippen LogP contribution in [0, 0.1) is 12.8 Å². The van der Waals surface area contributed by atoms with E-state index in [0.717, 1.165) is 28.0 Å². The SMILES string of the molecule is CC[C@@H](CC(=O)N1C(=O)[C@H](Cc2ccnc(N)c2)[C@H]1C(=O)N(C)c1c(C)cnn1C)c1ccccc1. The van der Waals surface area contributed by atoms with Gasteiger partial charge in [-0.05, 0) is 48.9 Å². The highest BCUT2D eigenvalue weighted by Gasteiger charge is 2.55. The van der Waals surface area contributed by atoms with Crippen molar-refractivity contribution in [1.82, 2.24) is 19.7 Å². The number of pyridine rings is 1. The minimum Gasteiger partial charge on any atom is -0.384 e. The number of hydrogen-bond donors (Lipinski definition) is 1. The Morgan fingerprint density at radius 3 is 2.53 bits per heavy atom. The highest BCUT2D eigenvalue weighted by Crippen LogP contribution is 2.35. The average molecular weight is 489 g/mol. The molecule has 9 nitrogen and oxygen atoms in total. The number of benzene rings is 1. The second-order valence-electron chi connectivity index (χ2n) is 9.34. The third-order valence-corrected chi connectivity index (χ3v) is 6.95. The quantitative estimate of drug-likeness (QED) is 0.488. The van der Waals surface area contributed by atoms with Gasteiger partial charge in [-0.2, -0.15) is 5.10 Å². The third-order valence-electron chi connectivity index (χ3n) is 6.95. The zero-order valence-corrected chi connectivity index (χ0v) is 21.1. The summed E-state index contributed by atoms with van der Waals surface area (Å²) in [5, 5.41) is 4.23. The first kappa shape index (κ1) is 25.1. The molecule has 0 bridgehead atoms. The topological polar surface area (TPSA) is 114 Å². The van der Waals surface area contributed by atoms with Crippen molar-refractivity contribution in [1.29, 1.82) is 0 Å². The predicted molar refractivity (Wildman–Crippen MR) is 137 cm³/mol. The van der Waals surface area contributed by atoms with Crippen LogP contribution in [0.25, 0.3) is 0 Å². The van der Waals surface area contributed by atoms with E-state index in [9.17, 15) is 14.4 Å². The molecule has 1 aliphatic heterocycles. The first-order chi connectivity index (χ1) is 17.2. The molecule has 188 valence electrons. The summed E-state index contributed by atoms with van der Waals surface area (Å²) >= 11 is 0. The van der Waals surface area contributed by atoms with Crippen LogP contribution in [0.3, 0.4) is 0 Å². The van der Waals surface area contributed by atoms with Crippen molar-refractivity contribution < 1.29 is 14.4 Å². The molecule has 1 aliphatic rings. The summed E-state index contributed by atoms with van der Waals surface area (Å²) in [5.41, 5.74) is 8.48. The molecule has 2 aromatic heterocycles. The second-order valence-corrected chi connectivity index (χ2v) is 9.34. The van der Waals surface area contributed by atoms with Gasteiger partial charge in [-0.25, -0.2) is 4.98 Å². The van der Waals surface area contributed by atoms with E-state index in [2.05, 4.69) is 10.1 Å². The van der Waals surface area contributed by atoms with Gasteiger partial charge in [0.1, 0.15) is 17.7 Å². The molecule has 36 heavy (non-hydrogen) atoms. The van der Waals surface area contributed by atoms with E-state index in [1.54, 1.807) is 43.3 Å². The van der Waals surface area contributed by atoms with Gasteiger partial charge in [0.2, 0.25) is 11.8 Å². The summed E-state index contributed by atoms with van der Waals surface area (Å²) in [6.45, 7) is 3.88. The number of carbonyl (C=O) groups is 3. The van der Waals surface area contributed by atoms with E-state index < -0.39 is 12.0 Å². The van der Waals surface area contributed by atoms with Crippen molar-refractivity contribution >= 4 is 29.4 Å². The summed E-state index contributed by atoms with van der Waals surface area (Å²) in [6.07, 6.45) is 4.44. The number of nitrogens with two attached hydrogens (primary N) is 1. The van der Waals surface area contributed by atoms with Crippen molar-refractivity contribution in [2.75, 3.05) is 17.7 Å². The van der Waals surface area contributed by atoms with E-state index in [1.807, 2.05) is 44.2 Å². The minimum absolute atomic E-state index is 0.0432. The van der Waals surface area contributed by atoms with E-state index >= 15 is 0 Å². The lowest BCUT2D eigenvalue weighted by molar-refractivity contribution is -0.170. The molecule has 9 heteroatoms. The van der Waals surface area contributed by atoms with Gasteiger partial charge in [-0.1, -0.05) is 37.3 Å². The maximum atomic E-state index is 13.8. The van der Waals surface area contributed by atoms with Crippen molar-refractivity contribution in [3.8, 4) is 0 Å². The molecular formula is C27H32N6O3. The smallest absolute Gasteiger partial charge is 0.252 e. The summed E-state index contributed by atoms with van der Waals surface area (Å²) in [6, 6.07) is 12.3. The fourth-order valence-electron chi connectivity index (χ4n) is 5.04. The Morgan fingerprint density at radius 2 is 1.92 bits per heavy atom. The van der Waals surface area contributed by atoms with Gasteiger partial charge < -0.3 is 5.73 Å². The second kappa shape index (κ2) is 10.3. The third kappa shape index (κ3) is 4.73. The number of likely N-dealkylation sites (tertiary alicyclic amines) is 1. The average Bonchev–Trinajstić information content (AvgIpc) is 3.21. The molecule has 0 aliphatic carbocycles. The van der Waals surface area contributed by atoms with E-state index in [0.29, 0.717) is 18.1 Å². The van der Waals surface area contributed by atoms with Crippen molar-refractivity contribution in [3.63, 3.8) is 0 Å². The first-order valence-electron chi connectivity index (χ1n) is 12.1. The molecular weight excluding hydrogens is 456 g/mol. The van der Waals surface area contributed by atoms with Gasteiger partial charge in [0.25, 0.3) is 5.91 Å². The number of hydrogen-bond acceptors (Lipinski definition) is 6. The molecule has 3 atom stereocenters. The first-order valence-corrected chi connectivity index (χ1v) is 12.1. The lowest BCUT2D eigenvalue weighted by Gasteiger charge is -2.46. The number of amides is 3. The van der Waals surface area contributed by atoms with Crippen LogP contribution in [0.2, 0.25) is 0 Å². The molecule has 1 aromatic carbocycles. The highest BCUT2D eigenvalue weighted by molar-refractivity contribution is 6.12. The van der Waals surface area contributed by atoms with E-state index in [1.165, 1.54) is 4.90 Å². The Kier molecular flexibility index (Phi) is 7.19. The maximum Gasteiger partial charge on any atom is 0.252 e. The number of nitrogens with zero attached hydrogens (tertiary/aromatic N) is 5. The van der Waals surface area contributed by atoms with Crippen LogP contribution in [-0.4, -0.2) is 50.5 Å². The van der Waals surface area contributed by atoms with Gasteiger partial charge >= 0.3 is 0 Å². The highest BCUT2D eigenvalue weighted by atomic mass is 16.2. The fourth-order valence-corrected chi connectivity index (χ4v) is 5.04. The van der Waals surface area contributed by atoms with Crippen LogP contribution in [0.1, 0.15) is 42.4 Å². The molecule has 2 N–H and O–H groups in total. The Morgan fingerprint density at radius 1 is 1.19 bits per heavy atom. The zero-order valence-electron chi connectivity index (χ0n) is 21.1. The van der Waals surface area contributed by atoms with Crippen LogP contribution in [0.5, 0.6) is 0 Å². The van der Waals surface area contributed by atoms with Crippen molar-refractivity contribution in [2.45, 2.75) is 45.1 Å². The molecule has 3 heterocycles. The predicted octanol–water partition coefficient (Wildman–Crippen LogP) is 2.85. The van der Waals surface area contributed by atoms with Gasteiger partial charge in [-0.3, -0.25) is 28.9 Å².